The van der Waals surface area contributed by atoms with Gasteiger partial charge < -0.3 is 33.9 Å². The summed E-state index contributed by atoms with van der Waals surface area (Å²) in [6, 6.07) is 6.04. The van der Waals surface area contributed by atoms with Gasteiger partial charge in [0, 0.05) is 13.2 Å². The van der Waals surface area contributed by atoms with Crippen LogP contribution in [0.4, 0.5) is 0 Å². The molecule has 0 unspecified atom stereocenters. The van der Waals surface area contributed by atoms with Gasteiger partial charge in [-0.15, -0.1) is 0 Å². The number of hydrogen-bond acceptors (Lipinski definition) is 7. The molecule has 7 heteroatoms. The standard InChI is InChI=1S/C32H52O7/c1-3-35-14-15-37-18-19-39-21-20-38-17-16-36-13-5-4-6-24-22-25-23-26(33)7-8-27(25)28-11-12-32(2)29(31(24)28)9-10-30(32)34/h7-8,23-24,28-31,33-34H,3-6,9-22H2,1-2H3/t24-,28-,29+,30+,31-,32+/m1/s1. The molecular formula is C32H52O7. The molecule has 1 aromatic carbocycles. The van der Waals surface area contributed by atoms with Crippen LogP contribution in [0.1, 0.15) is 75.8 Å². The maximum atomic E-state index is 10.8. The van der Waals surface area contributed by atoms with Crippen LogP contribution in [0.25, 0.3) is 0 Å². The van der Waals surface area contributed by atoms with Gasteiger partial charge in [0.15, 0.2) is 0 Å². The third-order valence-electron chi connectivity index (χ3n) is 9.64. The Balaban J connectivity index is 1.11. The smallest absolute Gasteiger partial charge is 0.115 e. The first-order valence-corrected chi connectivity index (χ1v) is 15.4. The van der Waals surface area contributed by atoms with E-state index < -0.39 is 0 Å². The van der Waals surface area contributed by atoms with E-state index in [-0.39, 0.29) is 11.5 Å². The molecule has 0 heterocycles. The minimum atomic E-state index is -0.155. The Bertz CT molecular complexity index is 848. The molecule has 7 nitrogen and oxygen atoms in total. The second-order valence-corrected chi connectivity index (χ2v) is 11.9. The van der Waals surface area contributed by atoms with Crippen molar-refractivity contribution >= 4 is 0 Å². The van der Waals surface area contributed by atoms with E-state index >= 15 is 0 Å². The summed E-state index contributed by atoms with van der Waals surface area (Å²) >= 11 is 0. The van der Waals surface area contributed by atoms with Gasteiger partial charge in [0.2, 0.25) is 0 Å². The van der Waals surface area contributed by atoms with Gasteiger partial charge >= 0.3 is 0 Å². The molecule has 0 spiro atoms. The summed E-state index contributed by atoms with van der Waals surface area (Å²) in [5.41, 5.74) is 2.87. The summed E-state index contributed by atoms with van der Waals surface area (Å²) in [4.78, 5) is 0. The molecule has 4 rings (SSSR count). The quantitative estimate of drug-likeness (QED) is 0.247. The summed E-state index contributed by atoms with van der Waals surface area (Å²) in [5.74, 6) is 2.79. The van der Waals surface area contributed by atoms with E-state index in [1.165, 1.54) is 17.5 Å². The van der Waals surface area contributed by atoms with E-state index in [2.05, 4.69) is 13.0 Å². The number of phenolic OH excluding ortho intramolecular Hbond substituents is 1. The number of rotatable bonds is 18. The molecule has 0 amide bonds. The highest BCUT2D eigenvalue weighted by molar-refractivity contribution is 5.40. The van der Waals surface area contributed by atoms with Crippen LogP contribution in [-0.4, -0.2) is 82.4 Å². The largest absolute Gasteiger partial charge is 0.508 e. The number of phenols is 1. The Labute approximate surface area is 235 Å². The second kappa shape index (κ2) is 15.7. The fraction of sp³-hybridized carbons (Fsp3) is 0.812. The van der Waals surface area contributed by atoms with Gasteiger partial charge in [-0.2, -0.15) is 0 Å². The molecule has 0 radical (unpaired) electrons. The van der Waals surface area contributed by atoms with E-state index in [0.717, 1.165) is 58.2 Å². The number of aliphatic hydroxyl groups excluding tert-OH is 1. The zero-order valence-corrected chi connectivity index (χ0v) is 24.3. The molecule has 1 aromatic rings. The normalized spacial score (nSPS) is 29.7. The van der Waals surface area contributed by atoms with Gasteiger partial charge in [0.1, 0.15) is 5.75 Å². The summed E-state index contributed by atoms with van der Waals surface area (Å²) in [5, 5.41) is 21.0. The molecule has 2 N–H and O–H groups in total. The molecule has 3 aliphatic carbocycles. The average Bonchev–Trinajstić information content (AvgIpc) is 3.24. The SMILES string of the molecule is CCOCCOCCOCCOCCOCCCC[C@@H]1Cc2cc(O)ccc2[C@H]2CC[C@]3(C)[C@@H](O)CC[C@H]3[C@H]12. The van der Waals surface area contributed by atoms with Crippen LogP contribution in [0.2, 0.25) is 0 Å². The molecule has 2 saturated carbocycles. The third-order valence-corrected chi connectivity index (χ3v) is 9.64. The van der Waals surface area contributed by atoms with Crippen molar-refractivity contribution in [3.05, 3.63) is 29.3 Å². The molecule has 2 fully saturated rings. The van der Waals surface area contributed by atoms with Crippen molar-refractivity contribution in [1.29, 1.82) is 0 Å². The van der Waals surface area contributed by atoms with Crippen LogP contribution in [-0.2, 0) is 30.1 Å². The predicted octanol–water partition coefficient (Wildman–Crippen LogP) is 5.11. The lowest BCUT2D eigenvalue weighted by atomic mass is 9.52. The number of aromatic hydroxyl groups is 1. The van der Waals surface area contributed by atoms with E-state index in [9.17, 15) is 10.2 Å². The first-order chi connectivity index (χ1) is 19.0. The van der Waals surface area contributed by atoms with Crippen LogP contribution >= 0.6 is 0 Å². The van der Waals surface area contributed by atoms with Crippen molar-refractivity contribution in [2.75, 3.05) is 66.1 Å². The molecule has 0 aromatic heterocycles. The van der Waals surface area contributed by atoms with E-state index in [1.807, 2.05) is 19.1 Å². The molecule has 0 bridgehead atoms. The number of ether oxygens (including phenoxy) is 5. The number of benzene rings is 1. The number of fused-ring (bicyclic) bond motifs is 5. The van der Waals surface area contributed by atoms with Gasteiger partial charge in [-0.3, -0.25) is 0 Å². The molecule has 6 atom stereocenters. The highest BCUT2D eigenvalue weighted by Crippen LogP contribution is 2.62. The number of aliphatic hydroxyl groups is 1. The van der Waals surface area contributed by atoms with Gasteiger partial charge in [0.25, 0.3) is 0 Å². The van der Waals surface area contributed by atoms with Crippen LogP contribution < -0.4 is 0 Å². The summed E-state index contributed by atoms with van der Waals surface area (Å²) in [7, 11) is 0. The van der Waals surface area contributed by atoms with Crippen LogP contribution in [0.3, 0.4) is 0 Å². The predicted molar refractivity (Wildman–Crippen MR) is 151 cm³/mol. The minimum Gasteiger partial charge on any atom is -0.508 e. The van der Waals surface area contributed by atoms with E-state index in [0.29, 0.717) is 82.3 Å². The maximum Gasteiger partial charge on any atom is 0.115 e. The van der Waals surface area contributed by atoms with Crippen molar-refractivity contribution in [3.63, 3.8) is 0 Å². The maximum absolute atomic E-state index is 10.8. The zero-order valence-electron chi connectivity index (χ0n) is 24.3. The highest BCUT2D eigenvalue weighted by Gasteiger charge is 2.56. The van der Waals surface area contributed by atoms with Crippen LogP contribution in [0.5, 0.6) is 5.75 Å². The van der Waals surface area contributed by atoms with Gasteiger partial charge in [0.05, 0.1) is 59.0 Å². The number of unbranched alkanes of at least 4 members (excludes halogenated alkanes) is 1. The topological polar surface area (TPSA) is 86.6 Å². The third kappa shape index (κ3) is 8.17. The van der Waals surface area contributed by atoms with Crippen LogP contribution in [0.15, 0.2) is 18.2 Å². The molecule has 39 heavy (non-hydrogen) atoms. The molecule has 0 aliphatic heterocycles. The van der Waals surface area contributed by atoms with Crippen molar-refractivity contribution < 1.29 is 33.9 Å². The highest BCUT2D eigenvalue weighted by atomic mass is 16.6. The van der Waals surface area contributed by atoms with Crippen molar-refractivity contribution in [2.45, 2.75) is 77.2 Å². The van der Waals surface area contributed by atoms with Crippen LogP contribution in [0, 0.1) is 23.2 Å². The van der Waals surface area contributed by atoms with Gasteiger partial charge in [-0.05, 0) is 104 Å². The van der Waals surface area contributed by atoms with E-state index in [4.69, 9.17) is 23.7 Å². The molecule has 222 valence electrons. The Morgan fingerprint density at radius 2 is 1.46 bits per heavy atom. The minimum absolute atomic E-state index is 0.0689. The average molecular weight is 549 g/mol. The Morgan fingerprint density at radius 1 is 0.821 bits per heavy atom. The Morgan fingerprint density at radius 3 is 2.13 bits per heavy atom. The fourth-order valence-electron chi connectivity index (χ4n) is 7.67. The Kier molecular flexibility index (Phi) is 12.4. The fourth-order valence-corrected chi connectivity index (χ4v) is 7.67. The zero-order chi connectivity index (χ0) is 27.5. The molecule has 0 saturated heterocycles. The first-order valence-electron chi connectivity index (χ1n) is 15.4. The van der Waals surface area contributed by atoms with Gasteiger partial charge in [-0.1, -0.05) is 19.4 Å². The molecular weight excluding hydrogens is 496 g/mol. The van der Waals surface area contributed by atoms with Crippen molar-refractivity contribution in [2.24, 2.45) is 23.2 Å². The monoisotopic (exact) mass is 548 g/mol. The summed E-state index contributed by atoms with van der Waals surface area (Å²) in [6.45, 7) is 10.5. The summed E-state index contributed by atoms with van der Waals surface area (Å²) < 4.78 is 27.6. The summed E-state index contributed by atoms with van der Waals surface area (Å²) in [6.07, 6.45) is 8.64. The van der Waals surface area contributed by atoms with Gasteiger partial charge in [-0.25, -0.2) is 0 Å². The Hall–Kier alpha value is -1.22. The lowest BCUT2D eigenvalue weighted by Crippen LogP contribution is -2.47. The second-order valence-electron chi connectivity index (χ2n) is 11.9. The van der Waals surface area contributed by atoms with E-state index in [1.54, 1.807) is 0 Å². The molecule has 3 aliphatic rings. The lowest BCUT2D eigenvalue weighted by molar-refractivity contribution is -0.0399. The first kappa shape index (κ1) is 30.7. The lowest BCUT2D eigenvalue weighted by Gasteiger charge is -2.53. The van der Waals surface area contributed by atoms with Crippen molar-refractivity contribution in [1.82, 2.24) is 0 Å². The number of hydrogen-bond donors (Lipinski definition) is 2. The van der Waals surface area contributed by atoms with Crippen molar-refractivity contribution in [3.8, 4) is 5.75 Å².